The number of likely N-dealkylation sites (tertiary alicyclic amines) is 1. The van der Waals surface area contributed by atoms with Gasteiger partial charge in [0, 0.05) is 23.2 Å². The molecule has 1 saturated carbocycles. The first kappa shape index (κ1) is 14.6. The van der Waals surface area contributed by atoms with E-state index in [0.29, 0.717) is 11.0 Å². The lowest BCUT2D eigenvalue weighted by Gasteiger charge is -2.40. The fraction of sp³-hybridized carbons (Fsp3) is 0.733. The van der Waals surface area contributed by atoms with Crippen molar-refractivity contribution >= 4 is 22.6 Å². The summed E-state index contributed by atoms with van der Waals surface area (Å²) in [5.74, 6) is 0.473. The molecule has 0 aromatic carbocycles. The first-order valence-electron chi connectivity index (χ1n) is 7.51. The Bertz CT molecular complexity index is 545. The Morgan fingerprint density at radius 2 is 2.24 bits per heavy atom. The molecule has 1 spiro atoms. The Hall–Kier alpha value is -1.30. The van der Waals surface area contributed by atoms with E-state index < -0.39 is 5.60 Å². The van der Waals surface area contributed by atoms with Crippen LogP contribution in [-0.2, 0) is 4.74 Å². The van der Waals surface area contributed by atoms with Crippen molar-refractivity contribution in [2.24, 2.45) is 0 Å². The van der Waals surface area contributed by atoms with E-state index in [0.717, 1.165) is 32.2 Å². The van der Waals surface area contributed by atoms with Crippen molar-refractivity contribution in [3.05, 3.63) is 11.1 Å². The summed E-state index contributed by atoms with van der Waals surface area (Å²) in [7, 11) is 0. The SMILES string of the molecule is CC(C)(C)OC(=O)N1CC[C@@H](c2cnc(N)s2)CC12CC2. The highest BCUT2D eigenvalue weighted by molar-refractivity contribution is 7.15. The lowest BCUT2D eigenvalue weighted by Crippen LogP contribution is -2.49. The number of aromatic nitrogens is 1. The van der Waals surface area contributed by atoms with Gasteiger partial charge in [-0.3, -0.25) is 0 Å². The Balaban J connectivity index is 1.70. The van der Waals surface area contributed by atoms with Crippen LogP contribution < -0.4 is 5.73 Å². The topological polar surface area (TPSA) is 68.5 Å². The smallest absolute Gasteiger partial charge is 0.410 e. The number of anilines is 1. The number of thiazole rings is 1. The third-order valence-corrected chi connectivity index (χ3v) is 5.27. The zero-order valence-electron chi connectivity index (χ0n) is 12.9. The molecule has 21 heavy (non-hydrogen) atoms. The molecule has 0 bridgehead atoms. The monoisotopic (exact) mass is 309 g/mol. The molecule has 3 rings (SSSR count). The van der Waals surface area contributed by atoms with Gasteiger partial charge in [0.05, 0.1) is 0 Å². The molecule has 1 aliphatic heterocycles. The van der Waals surface area contributed by atoms with Crippen LogP contribution in [0, 0.1) is 0 Å². The molecule has 2 N–H and O–H groups in total. The summed E-state index contributed by atoms with van der Waals surface area (Å²) in [6.07, 6.45) is 5.86. The number of rotatable bonds is 1. The number of nitrogens with zero attached hydrogens (tertiary/aromatic N) is 2. The number of amides is 1. The summed E-state index contributed by atoms with van der Waals surface area (Å²) in [4.78, 5) is 19.8. The summed E-state index contributed by atoms with van der Waals surface area (Å²) in [6, 6.07) is 0. The minimum atomic E-state index is -0.434. The van der Waals surface area contributed by atoms with E-state index in [4.69, 9.17) is 10.5 Å². The van der Waals surface area contributed by atoms with Crippen molar-refractivity contribution in [1.29, 1.82) is 0 Å². The molecule has 2 fully saturated rings. The predicted molar refractivity (Wildman–Crippen MR) is 83.4 cm³/mol. The first-order chi connectivity index (χ1) is 9.79. The molecule has 6 heteroatoms. The Labute approximate surface area is 129 Å². The van der Waals surface area contributed by atoms with E-state index in [1.54, 1.807) is 11.3 Å². The molecule has 5 nitrogen and oxygen atoms in total. The van der Waals surface area contributed by atoms with Gasteiger partial charge >= 0.3 is 6.09 Å². The Morgan fingerprint density at radius 3 is 2.76 bits per heavy atom. The van der Waals surface area contributed by atoms with Crippen molar-refractivity contribution in [1.82, 2.24) is 9.88 Å². The van der Waals surface area contributed by atoms with Gasteiger partial charge in [-0.2, -0.15) is 0 Å². The maximum Gasteiger partial charge on any atom is 0.410 e. The summed E-state index contributed by atoms with van der Waals surface area (Å²) >= 11 is 1.57. The average molecular weight is 309 g/mol. The van der Waals surface area contributed by atoms with Gasteiger partial charge in [0.25, 0.3) is 0 Å². The molecule has 1 amide bonds. The molecule has 2 heterocycles. The third-order valence-electron chi connectivity index (χ3n) is 4.28. The minimum Gasteiger partial charge on any atom is -0.444 e. The Morgan fingerprint density at radius 1 is 1.52 bits per heavy atom. The highest BCUT2D eigenvalue weighted by Crippen LogP contribution is 2.53. The highest BCUT2D eigenvalue weighted by atomic mass is 32.1. The second kappa shape index (κ2) is 4.87. The van der Waals surface area contributed by atoms with Crippen LogP contribution in [-0.4, -0.2) is 33.7 Å². The standard InChI is InChI=1S/C15H23N3O2S/c1-14(2,3)20-13(19)18-7-4-10(8-15(18)5-6-15)11-9-17-12(16)21-11/h9-10H,4-8H2,1-3H3,(H2,16,17)/t10-/m1/s1. The van der Waals surface area contributed by atoms with Crippen molar-refractivity contribution in [3.63, 3.8) is 0 Å². The van der Waals surface area contributed by atoms with Gasteiger partial charge < -0.3 is 15.4 Å². The van der Waals surface area contributed by atoms with Crippen LogP contribution in [0.3, 0.4) is 0 Å². The fourth-order valence-electron chi connectivity index (χ4n) is 3.15. The second-order valence-corrected chi connectivity index (χ2v) is 8.24. The first-order valence-corrected chi connectivity index (χ1v) is 8.33. The molecule has 0 radical (unpaired) electrons. The quantitative estimate of drug-likeness (QED) is 0.863. The lowest BCUT2D eigenvalue weighted by molar-refractivity contribution is 0.00385. The summed E-state index contributed by atoms with van der Waals surface area (Å²) in [5.41, 5.74) is 5.32. The van der Waals surface area contributed by atoms with Crippen LogP contribution in [0.2, 0.25) is 0 Å². The third kappa shape index (κ3) is 3.00. The summed E-state index contributed by atoms with van der Waals surface area (Å²) in [6.45, 7) is 6.50. The fourth-order valence-corrected chi connectivity index (χ4v) is 3.97. The number of hydrogen-bond acceptors (Lipinski definition) is 5. The van der Waals surface area contributed by atoms with E-state index in [2.05, 4.69) is 4.98 Å². The van der Waals surface area contributed by atoms with Gasteiger partial charge in [0.1, 0.15) is 5.60 Å². The summed E-state index contributed by atoms with van der Waals surface area (Å²) in [5, 5.41) is 0.629. The predicted octanol–water partition coefficient (Wildman–Crippen LogP) is 3.37. The number of piperidine rings is 1. The number of nitrogens with two attached hydrogens (primary N) is 1. The molecule has 1 atom stereocenters. The normalized spacial score (nSPS) is 24.1. The second-order valence-electron chi connectivity index (χ2n) is 7.15. The van der Waals surface area contributed by atoms with Gasteiger partial charge in [0.2, 0.25) is 0 Å². The van der Waals surface area contributed by atoms with Crippen LogP contribution in [0.15, 0.2) is 6.20 Å². The van der Waals surface area contributed by atoms with Crippen LogP contribution in [0.25, 0.3) is 0 Å². The number of nitrogen functional groups attached to an aromatic ring is 1. The van der Waals surface area contributed by atoms with Crippen molar-refractivity contribution < 1.29 is 9.53 Å². The van der Waals surface area contributed by atoms with Crippen LogP contribution in [0.4, 0.5) is 9.93 Å². The van der Waals surface area contributed by atoms with Gasteiger partial charge in [-0.25, -0.2) is 9.78 Å². The van der Waals surface area contributed by atoms with E-state index in [1.165, 1.54) is 4.88 Å². The van der Waals surface area contributed by atoms with Gasteiger partial charge in [-0.1, -0.05) is 0 Å². The van der Waals surface area contributed by atoms with Crippen molar-refractivity contribution in [2.45, 2.75) is 63.5 Å². The van der Waals surface area contributed by atoms with E-state index in [1.807, 2.05) is 31.9 Å². The van der Waals surface area contributed by atoms with E-state index in [-0.39, 0.29) is 11.6 Å². The van der Waals surface area contributed by atoms with Gasteiger partial charge in [-0.05, 0) is 52.4 Å². The minimum absolute atomic E-state index is 0.0179. The molecule has 116 valence electrons. The maximum atomic E-state index is 12.4. The Kier molecular flexibility index (Phi) is 3.39. The average Bonchev–Trinajstić information content (AvgIpc) is 2.97. The van der Waals surface area contributed by atoms with E-state index >= 15 is 0 Å². The summed E-state index contributed by atoms with van der Waals surface area (Å²) < 4.78 is 5.56. The lowest BCUT2D eigenvalue weighted by atomic mass is 9.88. The highest BCUT2D eigenvalue weighted by Gasteiger charge is 2.54. The number of ether oxygens (including phenoxy) is 1. The van der Waals surface area contributed by atoms with Gasteiger partial charge in [0.15, 0.2) is 5.13 Å². The van der Waals surface area contributed by atoms with Crippen LogP contribution >= 0.6 is 11.3 Å². The zero-order valence-corrected chi connectivity index (χ0v) is 13.7. The molecule has 1 aromatic heterocycles. The number of hydrogen-bond donors (Lipinski definition) is 1. The molecule has 1 saturated heterocycles. The molecular formula is C15H23N3O2S. The largest absolute Gasteiger partial charge is 0.444 e. The number of carbonyl (C=O) groups excluding carboxylic acids is 1. The van der Waals surface area contributed by atoms with Crippen molar-refractivity contribution in [2.75, 3.05) is 12.3 Å². The zero-order chi connectivity index (χ0) is 15.3. The van der Waals surface area contributed by atoms with Crippen molar-refractivity contribution in [3.8, 4) is 0 Å². The van der Waals surface area contributed by atoms with Crippen LogP contribution in [0.5, 0.6) is 0 Å². The number of carbonyl (C=O) groups is 1. The van der Waals surface area contributed by atoms with Gasteiger partial charge in [-0.15, -0.1) is 11.3 Å². The molecule has 0 unspecified atom stereocenters. The molecule has 1 aromatic rings. The molecule has 2 aliphatic rings. The maximum absolute atomic E-state index is 12.4. The van der Waals surface area contributed by atoms with Crippen LogP contribution in [0.1, 0.15) is 57.2 Å². The van der Waals surface area contributed by atoms with E-state index in [9.17, 15) is 4.79 Å². The molecule has 1 aliphatic carbocycles. The molecular weight excluding hydrogens is 286 g/mol.